The van der Waals surface area contributed by atoms with Crippen molar-refractivity contribution in [2.75, 3.05) is 5.88 Å². The summed E-state index contributed by atoms with van der Waals surface area (Å²) in [6.45, 7) is 0. The molecule has 0 fully saturated rings. The van der Waals surface area contributed by atoms with Crippen LogP contribution in [0.3, 0.4) is 0 Å². The molecule has 0 aliphatic heterocycles. The second kappa shape index (κ2) is 4.25. The molecule has 0 atom stereocenters. The van der Waals surface area contributed by atoms with E-state index in [1.165, 1.54) is 24.3 Å². The van der Waals surface area contributed by atoms with E-state index in [0.717, 1.165) is 0 Å². The van der Waals surface area contributed by atoms with Gasteiger partial charge in [-0.25, -0.2) is 13.7 Å². The Labute approximate surface area is 86.7 Å². The average Bonchev–Trinajstić information content (AvgIpc) is 2.16. The Hall–Kier alpha value is -0.990. The van der Waals surface area contributed by atoms with Crippen LogP contribution in [0.1, 0.15) is 0 Å². The molecule has 0 radical (unpaired) electrons. The van der Waals surface area contributed by atoms with Crippen LogP contribution in [0.4, 0.5) is 0 Å². The largest absolute Gasteiger partial charge is 0.344 e. The maximum Gasteiger partial charge on any atom is 0.344 e. The van der Waals surface area contributed by atoms with Crippen LogP contribution in [0, 0.1) is 0 Å². The Kier molecular flexibility index (Phi) is 3.42. The topological polar surface area (TPSA) is 107 Å². The molecule has 0 aliphatic rings. The van der Waals surface area contributed by atoms with Crippen molar-refractivity contribution in [1.29, 1.82) is 0 Å². The van der Waals surface area contributed by atoms with Crippen molar-refractivity contribution in [2.45, 2.75) is 11.0 Å². The molecule has 1 aromatic rings. The fourth-order valence-corrected chi connectivity index (χ4v) is 2.03. The van der Waals surface area contributed by atoms with Gasteiger partial charge in [0, 0.05) is 0 Å². The first-order chi connectivity index (χ1) is 6.81. The molecule has 0 aromatic heterocycles. The highest BCUT2D eigenvalue weighted by molar-refractivity contribution is 7.91. The molecule has 1 aromatic carbocycles. The van der Waals surface area contributed by atoms with Crippen molar-refractivity contribution in [2.24, 2.45) is 0 Å². The molecular formula is C8H11NO5S. The van der Waals surface area contributed by atoms with Gasteiger partial charge in [-0.15, -0.1) is 0 Å². The standard InChI is InChI=1S/C8H11NO5S/c10-8(11,12)9-6-15(13,14)7-4-2-1-3-5-7/h1-5,9-12H,6H2. The van der Waals surface area contributed by atoms with Gasteiger partial charge in [-0.2, -0.15) is 0 Å². The van der Waals surface area contributed by atoms with Crippen LogP contribution >= 0.6 is 0 Å². The fraction of sp³-hybridized carbons (Fsp3) is 0.250. The van der Waals surface area contributed by atoms with Gasteiger partial charge in [0.25, 0.3) is 0 Å². The number of rotatable bonds is 4. The van der Waals surface area contributed by atoms with Crippen molar-refractivity contribution < 1.29 is 23.7 Å². The second-order valence-electron chi connectivity index (χ2n) is 2.88. The minimum Gasteiger partial charge on any atom is -0.330 e. The van der Waals surface area contributed by atoms with Gasteiger partial charge in [-0.1, -0.05) is 18.2 Å². The Bertz CT molecular complexity index is 408. The number of benzene rings is 1. The Balaban J connectivity index is 2.78. The molecule has 0 heterocycles. The third kappa shape index (κ3) is 3.94. The van der Waals surface area contributed by atoms with Crippen LogP contribution < -0.4 is 5.32 Å². The average molecular weight is 233 g/mol. The number of nitrogens with one attached hydrogen (secondary N) is 1. The van der Waals surface area contributed by atoms with Crippen LogP contribution in [-0.2, 0) is 9.84 Å². The van der Waals surface area contributed by atoms with E-state index in [2.05, 4.69) is 0 Å². The number of aliphatic hydroxyl groups is 3. The Morgan fingerprint density at radius 3 is 2.13 bits per heavy atom. The summed E-state index contributed by atoms with van der Waals surface area (Å²) in [6, 6.07) is 7.46. The first-order valence-electron chi connectivity index (χ1n) is 4.01. The quantitative estimate of drug-likeness (QED) is 0.476. The van der Waals surface area contributed by atoms with E-state index in [1.807, 2.05) is 0 Å². The first-order valence-corrected chi connectivity index (χ1v) is 5.66. The molecule has 0 saturated heterocycles. The summed E-state index contributed by atoms with van der Waals surface area (Å²) in [5.74, 6) is -0.777. The first kappa shape index (κ1) is 12.1. The summed E-state index contributed by atoms with van der Waals surface area (Å²) in [5.41, 5.74) is 0. The van der Waals surface area contributed by atoms with Gasteiger partial charge < -0.3 is 15.3 Å². The monoisotopic (exact) mass is 233 g/mol. The molecule has 1 rings (SSSR count). The van der Waals surface area contributed by atoms with Crippen molar-refractivity contribution in [3.63, 3.8) is 0 Å². The predicted octanol–water partition coefficient (Wildman–Crippen LogP) is -1.40. The molecule has 0 unspecified atom stereocenters. The van der Waals surface area contributed by atoms with Crippen molar-refractivity contribution in [1.82, 2.24) is 5.32 Å². The molecule has 15 heavy (non-hydrogen) atoms. The number of sulfone groups is 1. The zero-order chi connectivity index (χ0) is 11.5. The smallest absolute Gasteiger partial charge is 0.330 e. The molecule has 0 amide bonds. The van der Waals surface area contributed by atoms with Gasteiger partial charge in [-0.3, -0.25) is 0 Å². The fourth-order valence-electron chi connectivity index (χ4n) is 0.903. The summed E-state index contributed by atoms with van der Waals surface area (Å²) < 4.78 is 23.0. The minimum atomic E-state index is -3.68. The third-order valence-electron chi connectivity index (χ3n) is 1.60. The molecule has 0 bridgehead atoms. The summed E-state index contributed by atoms with van der Waals surface area (Å²) in [6.07, 6.45) is -3.19. The van der Waals surface area contributed by atoms with Gasteiger partial charge >= 0.3 is 6.10 Å². The van der Waals surface area contributed by atoms with Crippen LogP contribution in [-0.4, -0.2) is 35.7 Å². The summed E-state index contributed by atoms with van der Waals surface area (Å²) in [4.78, 5) is 0.0294. The molecule has 4 N–H and O–H groups in total. The Morgan fingerprint density at radius 2 is 1.67 bits per heavy atom. The van der Waals surface area contributed by atoms with E-state index in [4.69, 9.17) is 15.3 Å². The van der Waals surface area contributed by atoms with Crippen molar-refractivity contribution >= 4 is 9.84 Å². The van der Waals surface area contributed by atoms with Gasteiger partial charge in [-0.05, 0) is 12.1 Å². The Morgan fingerprint density at radius 1 is 1.13 bits per heavy atom. The van der Waals surface area contributed by atoms with E-state index in [-0.39, 0.29) is 4.90 Å². The minimum absolute atomic E-state index is 0.0294. The maximum atomic E-state index is 11.5. The molecule has 0 saturated carbocycles. The van der Waals surface area contributed by atoms with Gasteiger partial charge in [0.2, 0.25) is 0 Å². The van der Waals surface area contributed by atoms with Crippen LogP contribution in [0.15, 0.2) is 35.2 Å². The molecule has 7 heteroatoms. The number of hydrogen-bond acceptors (Lipinski definition) is 6. The predicted molar refractivity (Wildman–Crippen MR) is 51.0 cm³/mol. The second-order valence-corrected chi connectivity index (χ2v) is 4.87. The summed E-state index contributed by atoms with van der Waals surface area (Å²) in [7, 11) is -3.68. The normalized spacial score (nSPS) is 12.7. The van der Waals surface area contributed by atoms with Crippen LogP contribution in [0.5, 0.6) is 0 Å². The van der Waals surface area contributed by atoms with E-state index >= 15 is 0 Å². The van der Waals surface area contributed by atoms with Gasteiger partial charge in [0.1, 0.15) is 5.88 Å². The van der Waals surface area contributed by atoms with E-state index in [9.17, 15) is 8.42 Å². The molecule has 84 valence electrons. The van der Waals surface area contributed by atoms with Gasteiger partial charge in [0.15, 0.2) is 9.84 Å². The molecular weight excluding hydrogens is 222 g/mol. The van der Waals surface area contributed by atoms with E-state index < -0.39 is 21.8 Å². The van der Waals surface area contributed by atoms with Gasteiger partial charge in [0.05, 0.1) is 4.90 Å². The van der Waals surface area contributed by atoms with Crippen molar-refractivity contribution in [3.05, 3.63) is 30.3 Å². The summed E-state index contributed by atoms with van der Waals surface area (Å²) in [5, 5.41) is 27.0. The maximum absolute atomic E-state index is 11.5. The third-order valence-corrected chi connectivity index (χ3v) is 3.12. The number of hydrogen-bond donors (Lipinski definition) is 4. The highest BCUT2D eigenvalue weighted by atomic mass is 32.2. The lowest BCUT2D eigenvalue weighted by molar-refractivity contribution is -0.329. The molecule has 0 spiro atoms. The SMILES string of the molecule is O=S(=O)(CNC(O)(O)O)c1ccccc1. The van der Waals surface area contributed by atoms with Crippen LogP contribution in [0.25, 0.3) is 0 Å². The lowest BCUT2D eigenvalue weighted by Gasteiger charge is -2.15. The lowest BCUT2D eigenvalue weighted by atomic mass is 10.4. The van der Waals surface area contributed by atoms with E-state index in [1.54, 1.807) is 11.4 Å². The van der Waals surface area contributed by atoms with Crippen molar-refractivity contribution in [3.8, 4) is 0 Å². The highest BCUT2D eigenvalue weighted by Gasteiger charge is 2.22. The summed E-state index contributed by atoms with van der Waals surface area (Å²) >= 11 is 0. The lowest BCUT2D eigenvalue weighted by Crippen LogP contribution is -2.46. The van der Waals surface area contributed by atoms with E-state index in [0.29, 0.717) is 0 Å². The molecule has 0 aliphatic carbocycles. The molecule has 6 nitrogen and oxygen atoms in total. The zero-order valence-corrected chi connectivity index (χ0v) is 8.48. The van der Waals surface area contributed by atoms with Crippen LogP contribution in [0.2, 0.25) is 0 Å². The zero-order valence-electron chi connectivity index (χ0n) is 7.66. The highest BCUT2D eigenvalue weighted by Crippen LogP contribution is 2.09.